The lowest BCUT2D eigenvalue weighted by Crippen LogP contribution is -2.30. The molecule has 4 nitrogen and oxygen atoms in total. The van der Waals surface area contributed by atoms with Crippen LogP contribution in [0.5, 0.6) is 0 Å². The van der Waals surface area contributed by atoms with Gasteiger partial charge in [-0.05, 0) is 37.6 Å². The maximum Gasteiger partial charge on any atom is 0.253 e. The number of carbonyl (C=O) groups excluding carboxylic acids is 1. The fraction of sp³-hybridized carbons (Fsp3) is 0.250. The number of nitrogens with one attached hydrogen (secondary N) is 1. The smallest absolute Gasteiger partial charge is 0.253 e. The number of hydrogen-bond acceptors (Lipinski definition) is 2. The highest BCUT2D eigenvalue weighted by atomic mass is 16.2. The van der Waals surface area contributed by atoms with Gasteiger partial charge in [0.05, 0.1) is 0 Å². The van der Waals surface area contributed by atoms with Gasteiger partial charge in [-0.3, -0.25) is 9.59 Å². The molecule has 0 unspecified atom stereocenters. The fourth-order valence-electron chi connectivity index (χ4n) is 2.10. The van der Waals surface area contributed by atoms with Gasteiger partial charge < -0.3 is 9.88 Å². The molecule has 0 aliphatic carbocycles. The number of aromatic amines is 1. The molecular weight excluding hydrogens is 252 g/mol. The first kappa shape index (κ1) is 14.1. The van der Waals surface area contributed by atoms with Crippen LogP contribution >= 0.6 is 0 Å². The molecule has 1 aromatic heterocycles. The van der Waals surface area contributed by atoms with Crippen molar-refractivity contribution in [2.75, 3.05) is 13.1 Å². The second-order valence-electron chi connectivity index (χ2n) is 4.48. The Bertz CT molecular complexity index is 640. The molecule has 0 bridgehead atoms. The Kier molecular flexibility index (Phi) is 4.35. The third-order valence-corrected chi connectivity index (χ3v) is 3.26. The molecule has 0 saturated carbocycles. The van der Waals surface area contributed by atoms with Crippen molar-refractivity contribution in [1.29, 1.82) is 0 Å². The second kappa shape index (κ2) is 6.19. The average molecular weight is 270 g/mol. The van der Waals surface area contributed by atoms with Crippen LogP contribution in [0.2, 0.25) is 0 Å². The summed E-state index contributed by atoms with van der Waals surface area (Å²) in [6.45, 7) is 5.32. The summed E-state index contributed by atoms with van der Waals surface area (Å²) in [6, 6.07) is 12.3. The van der Waals surface area contributed by atoms with Gasteiger partial charge in [-0.15, -0.1) is 0 Å². The zero-order valence-corrected chi connectivity index (χ0v) is 11.7. The molecule has 0 atom stereocenters. The maximum absolute atomic E-state index is 12.2. The first-order chi connectivity index (χ1) is 9.65. The largest absolute Gasteiger partial charge is 0.339 e. The van der Waals surface area contributed by atoms with Gasteiger partial charge in [0.2, 0.25) is 5.56 Å². The number of carbonyl (C=O) groups is 1. The number of pyridine rings is 1. The molecule has 2 aromatic rings. The van der Waals surface area contributed by atoms with Crippen molar-refractivity contribution < 1.29 is 4.79 Å². The van der Waals surface area contributed by atoms with E-state index in [1.165, 1.54) is 6.07 Å². The molecule has 2 rings (SSSR count). The van der Waals surface area contributed by atoms with Crippen molar-refractivity contribution in [1.82, 2.24) is 9.88 Å². The quantitative estimate of drug-likeness (QED) is 0.928. The van der Waals surface area contributed by atoms with Crippen LogP contribution in [0.4, 0.5) is 0 Å². The third kappa shape index (κ3) is 2.96. The minimum atomic E-state index is -0.134. The summed E-state index contributed by atoms with van der Waals surface area (Å²) in [6.07, 6.45) is 0. The zero-order valence-electron chi connectivity index (χ0n) is 11.7. The van der Waals surface area contributed by atoms with E-state index in [4.69, 9.17) is 0 Å². The lowest BCUT2D eigenvalue weighted by atomic mass is 10.1. The molecule has 1 N–H and O–H groups in total. The van der Waals surface area contributed by atoms with E-state index >= 15 is 0 Å². The highest BCUT2D eigenvalue weighted by molar-refractivity contribution is 5.94. The van der Waals surface area contributed by atoms with Gasteiger partial charge in [0.25, 0.3) is 5.91 Å². The van der Waals surface area contributed by atoms with Crippen LogP contribution in [0.25, 0.3) is 11.3 Å². The van der Waals surface area contributed by atoms with Gasteiger partial charge in [0.15, 0.2) is 0 Å². The van der Waals surface area contributed by atoms with Crippen LogP contribution < -0.4 is 5.56 Å². The number of nitrogens with zero attached hydrogens (tertiary/aromatic N) is 1. The van der Waals surface area contributed by atoms with Crippen LogP contribution in [0.1, 0.15) is 24.2 Å². The van der Waals surface area contributed by atoms with Crippen molar-refractivity contribution in [2.24, 2.45) is 0 Å². The van der Waals surface area contributed by atoms with E-state index < -0.39 is 0 Å². The molecule has 1 aromatic carbocycles. The average Bonchev–Trinajstić information content (AvgIpc) is 2.48. The molecule has 0 aliphatic rings. The second-order valence-corrected chi connectivity index (χ2v) is 4.48. The van der Waals surface area contributed by atoms with Gasteiger partial charge in [-0.2, -0.15) is 0 Å². The molecule has 0 radical (unpaired) electrons. The van der Waals surface area contributed by atoms with Gasteiger partial charge in [0, 0.05) is 30.4 Å². The van der Waals surface area contributed by atoms with Crippen molar-refractivity contribution >= 4 is 5.91 Å². The van der Waals surface area contributed by atoms with Gasteiger partial charge in [-0.1, -0.05) is 18.2 Å². The topological polar surface area (TPSA) is 53.2 Å². The van der Waals surface area contributed by atoms with Gasteiger partial charge in [-0.25, -0.2) is 0 Å². The third-order valence-electron chi connectivity index (χ3n) is 3.26. The number of aromatic nitrogens is 1. The molecule has 104 valence electrons. The first-order valence-electron chi connectivity index (χ1n) is 6.74. The highest BCUT2D eigenvalue weighted by Crippen LogP contribution is 2.16. The SMILES string of the molecule is CCN(CC)C(=O)c1ccc(-c2cccc(=O)[nH]2)cc1. The molecule has 0 saturated heterocycles. The van der Waals surface area contributed by atoms with Crippen LogP contribution in [0.3, 0.4) is 0 Å². The summed E-state index contributed by atoms with van der Waals surface area (Å²) in [4.78, 5) is 28.0. The van der Waals surface area contributed by atoms with Crippen molar-refractivity contribution in [2.45, 2.75) is 13.8 Å². The molecule has 0 fully saturated rings. The normalized spacial score (nSPS) is 10.3. The Balaban J connectivity index is 2.26. The van der Waals surface area contributed by atoms with E-state index in [0.717, 1.165) is 11.3 Å². The summed E-state index contributed by atoms with van der Waals surface area (Å²) >= 11 is 0. The standard InChI is InChI=1S/C16H18N2O2/c1-3-18(4-2)16(20)13-10-8-12(9-11-13)14-6-5-7-15(19)17-14/h5-11H,3-4H2,1-2H3,(H,17,19). The molecule has 20 heavy (non-hydrogen) atoms. The van der Waals surface area contributed by atoms with Crippen LogP contribution in [0, 0.1) is 0 Å². The highest BCUT2D eigenvalue weighted by Gasteiger charge is 2.12. The predicted octanol–water partition coefficient (Wildman–Crippen LogP) is 2.52. The van der Waals surface area contributed by atoms with Crippen LogP contribution in [0.15, 0.2) is 47.3 Å². The van der Waals surface area contributed by atoms with E-state index in [9.17, 15) is 9.59 Å². The Hall–Kier alpha value is -2.36. The molecule has 0 aliphatic heterocycles. The van der Waals surface area contributed by atoms with Crippen LogP contribution in [-0.4, -0.2) is 28.9 Å². The summed E-state index contributed by atoms with van der Waals surface area (Å²) < 4.78 is 0. The molecule has 1 amide bonds. The summed E-state index contributed by atoms with van der Waals surface area (Å²) in [5.41, 5.74) is 2.17. The van der Waals surface area contributed by atoms with Crippen molar-refractivity contribution in [3.8, 4) is 11.3 Å². The lowest BCUT2D eigenvalue weighted by molar-refractivity contribution is 0.0773. The number of amides is 1. The molecule has 4 heteroatoms. The Morgan fingerprint density at radius 3 is 2.25 bits per heavy atom. The first-order valence-corrected chi connectivity index (χ1v) is 6.74. The molecule has 0 spiro atoms. The Morgan fingerprint density at radius 2 is 1.70 bits per heavy atom. The summed E-state index contributed by atoms with van der Waals surface area (Å²) in [5, 5.41) is 0. The minimum Gasteiger partial charge on any atom is -0.339 e. The number of hydrogen-bond donors (Lipinski definition) is 1. The number of benzene rings is 1. The van der Waals surface area contributed by atoms with E-state index in [1.807, 2.05) is 32.0 Å². The Labute approximate surface area is 118 Å². The monoisotopic (exact) mass is 270 g/mol. The number of rotatable bonds is 4. The minimum absolute atomic E-state index is 0.0307. The fourth-order valence-corrected chi connectivity index (χ4v) is 2.10. The van der Waals surface area contributed by atoms with Crippen molar-refractivity contribution in [3.05, 3.63) is 58.4 Å². The van der Waals surface area contributed by atoms with E-state index in [-0.39, 0.29) is 11.5 Å². The van der Waals surface area contributed by atoms with Gasteiger partial charge >= 0.3 is 0 Å². The molecule has 1 heterocycles. The van der Waals surface area contributed by atoms with Gasteiger partial charge in [0.1, 0.15) is 0 Å². The maximum atomic E-state index is 12.2. The Morgan fingerprint density at radius 1 is 1.05 bits per heavy atom. The predicted molar refractivity (Wildman–Crippen MR) is 79.8 cm³/mol. The molecular formula is C16H18N2O2. The van der Waals surface area contributed by atoms with E-state index in [0.29, 0.717) is 18.7 Å². The zero-order chi connectivity index (χ0) is 14.5. The van der Waals surface area contributed by atoms with Crippen molar-refractivity contribution in [3.63, 3.8) is 0 Å². The number of H-pyrrole nitrogens is 1. The summed E-state index contributed by atoms with van der Waals surface area (Å²) in [7, 11) is 0. The van der Waals surface area contributed by atoms with E-state index in [2.05, 4.69) is 4.98 Å². The summed E-state index contributed by atoms with van der Waals surface area (Å²) in [5.74, 6) is 0.0307. The lowest BCUT2D eigenvalue weighted by Gasteiger charge is -2.18. The van der Waals surface area contributed by atoms with E-state index in [1.54, 1.807) is 23.1 Å². The van der Waals surface area contributed by atoms with Crippen LogP contribution in [-0.2, 0) is 0 Å².